The van der Waals surface area contributed by atoms with Gasteiger partial charge in [0.05, 0.1) is 5.56 Å². The number of ether oxygens (including phenoxy) is 1. The van der Waals surface area contributed by atoms with Crippen LogP contribution in [-0.2, 0) is 4.74 Å². The Balaban J connectivity index is 2.26. The molecule has 1 aromatic heterocycles. The van der Waals surface area contributed by atoms with Crippen molar-refractivity contribution in [2.45, 2.75) is 45.4 Å². The molecule has 0 bridgehead atoms. The first-order chi connectivity index (χ1) is 13.1. The van der Waals surface area contributed by atoms with E-state index in [-0.39, 0.29) is 11.7 Å². The Bertz CT molecular complexity index is 863. The quantitative estimate of drug-likeness (QED) is 0.393. The smallest absolute Gasteiger partial charge is 0.412 e. The van der Waals surface area contributed by atoms with Crippen molar-refractivity contribution in [3.63, 3.8) is 0 Å². The second-order valence-electron chi connectivity index (χ2n) is 7.47. The van der Waals surface area contributed by atoms with Gasteiger partial charge >= 0.3 is 6.09 Å². The molecule has 0 unspecified atom stereocenters. The molecule has 0 atom stereocenters. The van der Waals surface area contributed by atoms with E-state index in [0.29, 0.717) is 27.9 Å². The SMILES string of the molecule is CSc1ncc(C(=O)C(C)C)c(Nc2cccc(NC(=O)OC(C)(C)C)c2)n1. The predicted molar refractivity (Wildman–Crippen MR) is 113 cm³/mol. The summed E-state index contributed by atoms with van der Waals surface area (Å²) in [5.41, 5.74) is 1.09. The predicted octanol–water partition coefficient (Wildman–Crippen LogP) is 5.13. The van der Waals surface area contributed by atoms with E-state index in [9.17, 15) is 9.59 Å². The fourth-order valence-electron chi connectivity index (χ4n) is 2.28. The molecule has 0 fully saturated rings. The van der Waals surface area contributed by atoms with Gasteiger partial charge < -0.3 is 10.1 Å². The molecular weight excluding hydrogens is 376 g/mol. The summed E-state index contributed by atoms with van der Waals surface area (Å²) < 4.78 is 5.27. The first-order valence-electron chi connectivity index (χ1n) is 8.91. The maximum absolute atomic E-state index is 12.5. The van der Waals surface area contributed by atoms with E-state index in [1.807, 2.05) is 26.2 Å². The van der Waals surface area contributed by atoms with Crippen LogP contribution in [0.15, 0.2) is 35.6 Å². The summed E-state index contributed by atoms with van der Waals surface area (Å²) in [6, 6.07) is 7.11. The maximum Gasteiger partial charge on any atom is 0.412 e. The summed E-state index contributed by atoms with van der Waals surface area (Å²) in [6.45, 7) is 9.07. The van der Waals surface area contributed by atoms with Crippen molar-refractivity contribution in [2.75, 3.05) is 16.9 Å². The topological polar surface area (TPSA) is 93.2 Å². The van der Waals surface area contributed by atoms with Crippen LogP contribution in [0.3, 0.4) is 0 Å². The number of anilines is 3. The largest absolute Gasteiger partial charge is 0.444 e. The van der Waals surface area contributed by atoms with Crippen LogP contribution in [0.4, 0.5) is 22.0 Å². The number of carbonyl (C=O) groups is 2. The molecule has 1 heterocycles. The molecule has 1 aromatic carbocycles. The summed E-state index contributed by atoms with van der Waals surface area (Å²) in [4.78, 5) is 33.1. The molecular formula is C20H26N4O3S. The standard InChI is InChI=1S/C20H26N4O3S/c1-12(2)16(25)15-11-21-18(28-6)24-17(15)22-13-8-7-9-14(10-13)23-19(26)27-20(3,4)5/h7-12H,1-6H3,(H,23,26)(H,21,22,24). The average Bonchev–Trinajstić information content (AvgIpc) is 2.59. The molecule has 0 aliphatic carbocycles. The van der Waals surface area contributed by atoms with Gasteiger partial charge in [-0.25, -0.2) is 14.8 Å². The lowest BCUT2D eigenvalue weighted by Gasteiger charge is -2.20. The number of nitrogens with one attached hydrogen (secondary N) is 2. The molecule has 0 aliphatic heterocycles. The first-order valence-corrected chi connectivity index (χ1v) is 10.1. The van der Waals surface area contributed by atoms with Gasteiger partial charge in [0, 0.05) is 23.5 Å². The minimum atomic E-state index is -0.582. The van der Waals surface area contributed by atoms with Gasteiger partial charge in [-0.15, -0.1) is 0 Å². The Labute approximate surface area is 169 Å². The summed E-state index contributed by atoms with van der Waals surface area (Å²) in [5.74, 6) is 0.218. The van der Waals surface area contributed by atoms with Gasteiger partial charge in [-0.05, 0) is 45.2 Å². The molecule has 0 spiro atoms. The van der Waals surface area contributed by atoms with Gasteiger partial charge in [-0.3, -0.25) is 10.1 Å². The molecule has 7 nitrogen and oxygen atoms in total. The van der Waals surface area contributed by atoms with Gasteiger partial charge in [0.25, 0.3) is 0 Å². The highest BCUT2D eigenvalue weighted by molar-refractivity contribution is 7.98. The van der Waals surface area contributed by atoms with E-state index in [1.165, 1.54) is 11.8 Å². The molecule has 0 radical (unpaired) electrons. The highest BCUT2D eigenvalue weighted by Crippen LogP contribution is 2.25. The number of nitrogens with zero attached hydrogens (tertiary/aromatic N) is 2. The second kappa shape index (κ2) is 9.05. The number of Topliss-reactive ketones (excluding diaryl/α,β-unsaturated/α-hetero) is 1. The highest BCUT2D eigenvalue weighted by Gasteiger charge is 2.19. The number of ketones is 1. The third-order valence-electron chi connectivity index (χ3n) is 3.51. The number of carbonyl (C=O) groups excluding carboxylic acids is 2. The van der Waals surface area contributed by atoms with Gasteiger partial charge in [-0.1, -0.05) is 31.7 Å². The Morgan fingerprint density at radius 3 is 2.46 bits per heavy atom. The molecule has 0 saturated heterocycles. The Morgan fingerprint density at radius 2 is 1.86 bits per heavy atom. The van der Waals surface area contributed by atoms with E-state index >= 15 is 0 Å². The van der Waals surface area contributed by atoms with Crippen molar-refractivity contribution < 1.29 is 14.3 Å². The number of benzene rings is 1. The summed E-state index contributed by atoms with van der Waals surface area (Å²) in [6.07, 6.45) is 2.88. The summed E-state index contributed by atoms with van der Waals surface area (Å²) >= 11 is 1.39. The van der Waals surface area contributed by atoms with Gasteiger partial charge in [0.15, 0.2) is 10.9 Å². The highest BCUT2D eigenvalue weighted by atomic mass is 32.2. The molecule has 0 aliphatic rings. The van der Waals surface area contributed by atoms with Gasteiger partial charge in [0.2, 0.25) is 0 Å². The van der Waals surface area contributed by atoms with Crippen molar-refractivity contribution >= 4 is 40.8 Å². The molecule has 28 heavy (non-hydrogen) atoms. The number of hydrogen-bond acceptors (Lipinski definition) is 7. The van der Waals surface area contributed by atoms with Crippen molar-refractivity contribution in [3.05, 3.63) is 36.0 Å². The van der Waals surface area contributed by atoms with Crippen LogP contribution < -0.4 is 10.6 Å². The van der Waals surface area contributed by atoms with Gasteiger partial charge in [-0.2, -0.15) is 0 Å². The monoisotopic (exact) mass is 402 g/mol. The van der Waals surface area contributed by atoms with Crippen LogP contribution in [0.25, 0.3) is 0 Å². The number of thioether (sulfide) groups is 1. The first kappa shape index (κ1) is 21.7. The van der Waals surface area contributed by atoms with Crippen LogP contribution in [-0.4, -0.2) is 33.7 Å². The van der Waals surface area contributed by atoms with Crippen LogP contribution in [0, 0.1) is 5.92 Å². The van der Waals surface area contributed by atoms with Crippen molar-refractivity contribution in [3.8, 4) is 0 Å². The lowest BCUT2D eigenvalue weighted by Crippen LogP contribution is -2.27. The zero-order chi connectivity index (χ0) is 20.9. The lowest BCUT2D eigenvalue weighted by molar-refractivity contribution is 0.0635. The summed E-state index contributed by atoms with van der Waals surface area (Å²) in [5, 5.41) is 6.43. The van der Waals surface area contributed by atoms with Crippen LogP contribution in [0.2, 0.25) is 0 Å². The number of rotatable bonds is 6. The number of hydrogen-bond donors (Lipinski definition) is 2. The third-order valence-corrected chi connectivity index (χ3v) is 4.07. The van der Waals surface area contributed by atoms with Gasteiger partial charge in [0.1, 0.15) is 11.4 Å². The van der Waals surface area contributed by atoms with Crippen LogP contribution >= 0.6 is 11.8 Å². The Hall–Kier alpha value is -2.61. The lowest BCUT2D eigenvalue weighted by atomic mass is 10.0. The van der Waals surface area contributed by atoms with E-state index in [1.54, 1.807) is 45.2 Å². The number of amides is 1. The molecule has 2 N–H and O–H groups in total. The normalized spacial score (nSPS) is 11.2. The molecule has 2 aromatic rings. The molecule has 150 valence electrons. The minimum Gasteiger partial charge on any atom is -0.444 e. The molecule has 2 rings (SSSR count). The Morgan fingerprint density at radius 1 is 1.18 bits per heavy atom. The fourth-order valence-corrected chi connectivity index (χ4v) is 2.62. The Kier molecular flexibility index (Phi) is 7.01. The molecule has 0 saturated carbocycles. The molecule has 8 heteroatoms. The number of aromatic nitrogens is 2. The second-order valence-corrected chi connectivity index (χ2v) is 8.24. The average molecular weight is 403 g/mol. The van der Waals surface area contributed by atoms with E-state index in [4.69, 9.17) is 4.74 Å². The zero-order valence-corrected chi connectivity index (χ0v) is 17.8. The van der Waals surface area contributed by atoms with E-state index in [2.05, 4.69) is 20.6 Å². The minimum absolute atomic E-state index is 0.0433. The van der Waals surface area contributed by atoms with Crippen LogP contribution in [0.1, 0.15) is 45.0 Å². The zero-order valence-electron chi connectivity index (χ0n) is 17.0. The fraction of sp³-hybridized carbons (Fsp3) is 0.400. The van der Waals surface area contributed by atoms with Crippen molar-refractivity contribution in [1.82, 2.24) is 9.97 Å². The summed E-state index contributed by atoms with van der Waals surface area (Å²) in [7, 11) is 0. The van der Waals surface area contributed by atoms with Crippen molar-refractivity contribution in [2.24, 2.45) is 5.92 Å². The van der Waals surface area contributed by atoms with E-state index in [0.717, 1.165) is 0 Å². The third kappa shape index (κ3) is 6.23. The van der Waals surface area contributed by atoms with Crippen molar-refractivity contribution in [1.29, 1.82) is 0 Å². The van der Waals surface area contributed by atoms with E-state index < -0.39 is 11.7 Å². The molecule has 1 amide bonds. The maximum atomic E-state index is 12.5. The van der Waals surface area contributed by atoms with Crippen LogP contribution in [0.5, 0.6) is 0 Å².